The summed E-state index contributed by atoms with van der Waals surface area (Å²) in [5, 5.41) is 13.1. The van der Waals surface area contributed by atoms with Gasteiger partial charge in [0.2, 0.25) is 12.5 Å². The van der Waals surface area contributed by atoms with Crippen molar-refractivity contribution in [3.8, 4) is 17.2 Å². The zero-order valence-corrected chi connectivity index (χ0v) is 13.0. The van der Waals surface area contributed by atoms with Crippen molar-refractivity contribution in [2.24, 2.45) is 0 Å². The summed E-state index contributed by atoms with van der Waals surface area (Å²) in [6.07, 6.45) is -1.08. The number of nitrogens with one attached hydrogen (secondary N) is 1. The van der Waals surface area contributed by atoms with E-state index in [0.29, 0.717) is 23.8 Å². The Labute approximate surface area is 137 Å². The molecular formula is C17H17F2NO4. The fourth-order valence-corrected chi connectivity index (χ4v) is 2.52. The van der Waals surface area contributed by atoms with Gasteiger partial charge in [-0.1, -0.05) is 6.07 Å². The van der Waals surface area contributed by atoms with Gasteiger partial charge in [-0.05, 0) is 23.8 Å². The van der Waals surface area contributed by atoms with Crippen molar-refractivity contribution in [2.75, 3.05) is 20.4 Å². The van der Waals surface area contributed by atoms with Gasteiger partial charge in [-0.2, -0.15) is 0 Å². The maximum Gasteiger partial charge on any atom is 0.231 e. The van der Waals surface area contributed by atoms with Crippen LogP contribution in [0, 0.1) is 11.6 Å². The smallest absolute Gasteiger partial charge is 0.231 e. The van der Waals surface area contributed by atoms with E-state index in [1.54, 1.807) is 6.07 Å². The molecule has 0 amide bonds. The SMILES string of the molecule is COc1cc(CNC[C@H](O)c2ccc(F)cc2F)cc2c1OCO2. The van der Waals surface area contributed by atoms with Crippen molar-refractivity contribution < 1.29 is 28.1 Å². The van der Waals surface area contributed by atoms with E-state index in [0.717, 1.165) is 17.7 Å². The molecule has 1 aliphatic heterocycles. The first kappa shape index (κ1) is 16.5. The van der Waals surface area contributed by atoms with Crippen LogP contribution in [0.1, 0.15) is 17.2 Å². The Balaban J connectivity index is 1.62. The standard InChI is InChI=1S/C17H17F2NO4/c1-22-15-4-10(5-16-17(15)24-9-23-16)7-20-8-14(21)12-3-2-11(18)6-13(12)19/h2-6,14,20-21H,7-9H2,1H3/t14-/m0/s1. The normalized spacial score (nSPS) is 13.8. The van der Waals surface area contributed by atoms with Crippen molar-refractivity contribution in [1.82, 2.24) is 5.32 Å². The number of fused-ring (bicyclic) bond motifs is 1. The Hall–Kier alpha value is -2.38. The molecule has 2 aromatic carbocycles. The van der Waals surface area contributed by atoms with Gasteiger partial charge in [0.15, 0.2) is 11.5 Å². The van der Waals surface area contributed by atoms with Gasteiger partial charge in [0.25, 0.3) is 0 Å². The van der Waals surface area contributed by atoms with E-state index in [-0.39, 0.29) is 18.9 Å². The molecule has 0 bridgehead atoms. The van der Waals surface area contributed by atoms with Gasteiger partial charge in [0.1, 0.15) is 11.6 Å². The lowest BCUT2D eigenvalue weighted by atomic mass is 10.1. The highest BCUT2D eigenvalue weighted by atomic mass is 19.1. The predicted octanol–water partition coefficient (Wildman–Crippen LogP) is 2.53. The van der Waals surface area contributed by atoms with Crippen LogP contribution in [0.2, 0.25) is 0 Å². The predicted molar refractivity (Wildman–Crippen MR) is 82.1 cm³/mol. The van der Waals surface area contributed by atoms with Crippen LogP contribution < -0.4 is 19.5 Å². The molecule has 1 aliphatic rings. The Morgan fingerprint density at radius 3 is 2.83 bits per heavy atom. The average molecular weight is 337 g/mol. The van der Waals surface area contributed by atoms with E-state index in [9.17, 15) is 13.9 Å². The molecule has 7 heteroatoms. The lowest BCUT2D eigenvalue weighted by Crippen LogP contribution is -2.21. The third-order valence-electron chi connectivity index (χ3n) is 3.71. The molecule has 0 unspecified atom stereocenters. The summed E-state index contributed by atoms with van der Waals surface area (Å²) in [6.45, 7) is 0.664. The third kappa shape index (κ3) is 3.42. The van der Waals surface area contributed by atoms with Crippen molar-refractivity contribution in [3.63, 3.8) is 0 Å². The summed E-state index contributed by atoms with van der Waals surface area (Å²) in [5.41, 5.74) is 0.912. The van der Waals surface area contributed by atoms with Gasteiger partial charge in [-0.25, -0.2) is 8.78 Å². The van der Waals surface area contributed by atoms with E-state index in [2.05, 4.69) is 5.32 Å². The molecule has 0 aliphatic carbocycles. The van der Waals surface area contributed by atoms with Crippen LogP contribution in [0.4, 0.5) is 8.78 Å². The summed E-state index contributed by atoms with van der Waals surface area (Å²) in [4.78, 5) is 0. The van der Waals surface area contributed by atoms with Crippen LogP contribution in [0.5, 0.6) is 17.2 Å². The first-order valence-corrected chi connectivity index (χ1v) is 7.38. The molecule has 0 saturated heterocycles. The summed E-state index contributed by atoms with van der Waals surface area (Å²) in [6, 6.07) is 6.71. The highest BCUT2D eigenvalue weighted by Crippen LogP contribution is 2.41. The molecule has 1 atom stereocenters. The maximum atomic E-state index is 13.6. The second kappa shape index (κ2) is 7.02. The van der Waals surface area contributed by atoms with Gasteiger partial charge < -0.3 is 24.6 Å². The topological polar surface area (TPSA) is 60.0 Å². The van der Waals surface area contributed by atoms with Crippen molar-refractivity contribution in [3.05, 3.63) is 53.1 Å². The van der Waals surface area contributed by atoms with Gasteiger partial charge >= 0.3 is 0 Å². The molecule has 0 spiro atoms. The van der Waals surface area contributed by atoms with Crippen LogP contribution in [0.15, 0.2) is 30.3 Å². The number of hydrogen-bond acceptors (Lipinski definition) is 5. The second-order valence-corrected chi connectivity index (χ2v) is 5.34. The monoisotopic (exact) mass is 337 g/mol. The molecule has 0 aromatic heterocycles. The molecule has 2 aromatic rings. The summed E-state index contributed by atoms with van der Waals surface area (Å²) < 4.78 is 42.4. The molecule has 128 valence electrons. The van der Waals surface area contributed by atoms with Gasteiger partial charge in [0.05, 0.1) is 13.2 Å². The summed E-state index contributed by atoms with van der Waals surface area (Å²) in [5.74, 6) is 0.274. The fourth-order valence-electron chi connectivity index (χ4n) is 2.52. The maximum absolute atomic E-state index is 13.6. The minimum Gasteiger partial charge on any atom is -0.493 e. The number of halogens is 2. The minimum absolute atomic E-state index is 0.0483. The number of hydrogen-bond donors (Lipinski definition) is 2. The zero-order chi connectivity index (χ0) is 17.1. The molecular weight excluding hydrogens is 320 g/mol. The third-order valence-corrected chi connectivity index (χ3v) is 3.71. The first-order chi connectivity index (χ1) is 11.6. The number of aliphatic hydroxyl groups is 1. The quantitative estimate of drug-likeness (QED) is 0.848. The Kier molecular flexibility index (Phi) is 4.82. The van der Waals surface area contributed by atoms with Crippen LogP contribution in [-0.2, 0) is 6.54 Å². The molecule has 5 nitrogen and oxygen atoms in total. The largest absolute Gasteiger partial charge is 0.493 e. The Morgan fingerprint density at radius 1 is 1.25 bits per heavy atom. The van der Waals surface area contributed by atoms with Crippen molar-refractivity contribution >= 4 is 0 Å². The Bertz CT molecular complexity index is 739. The molecule has 2 N–H and O–H groups in total. The van der Waals surface area contributed by atoms with E-state index in [1.165, 1.54) is 13.2 Å². The summed E-state index contributed by atoms with van der Waals surface area (Å²) >= 11 is 0. The average Bonchev–Trinajstić information content (AvgIpc) is 3.02. The molecule has 3 rings (SSSR count). The molecule has 0 radical (unpaired) electrons. The van der Waals surface area contributed by atoms with E-state index in [4.69, 9.17) is 14.2 Å². The molecule has 0 fully saturated rings. The molecule has 1 heterocycles. The Morgan fingerprint density at radius 2 is 2.08 bits per heavy atom. The number of aliphatic hydroxyl groups excluding tert-OH is 1. The van der Waals surface area contributed by atoms with Gasteiger partial charge in [-0.3, -0.25) is 0 Å². The lowest BCUT2D eigenvalue weighted by Gasteiger charge is -2.14. The number of rotatable bonds is 6. The highest BCUT2D eigenvalue weighted by molar-refractivity contribution is 5.55. The van der Waals surface area contributed by atoms with Crippen LogP contribution in [0.25, 0.3) is 0 Å². The fraction of sp³-hybridized carbons (Fsp3) is 0.294. The van der Waals surface area contributed by atoms with Crippen molar-refractivity contribution in [1.29, 1.82) is 0 Å². The lowest BCUT2D eigenvalue weighted by molar-refractivity contribution is 0.169. The molecule has 24 heavy (non-hydrogen) atoms. The zero-order valence-electron chi connectivity index (χ0n) is 13.0. The second-order valence-electron chi connectivity index (χ2n) is 5.34. The molecule has 0 saturated carbocycles. The number of methoxy groups -OCH3 is 1. The minimum atomic E-state index is -1.08. The van der Waals surface area contributed by atoms with Crippen LogP contribution >= 0.6 is 0 Å². The van der Waals surface area contributed by atoms with Gasteiger partial charge in [0, 0.05) is 24.7 Å². The summed E-state index contributed by atoms with van der Waals surface area (Å²) in [7, 11) is 1.54. The number of ether oxygens (including phenoxy) is 3. The number of benzene rings is 2. The highest BCUT2D eigenvalue weighted by Gasteiger charge is 2.20. The van der Waals surface area contributed by atoms with Crippen molar-refractivity contribution in [2.45, 2.75) is 12.6 Å². The van der Waals surface area contributed by atoms with E-state index < -0.39 is 17.7 Å². The van der Waals surface area contributed by atoms with E-state index in [1.807, 2.05) is 6.07 Å². The van der Waals surface area contributed by atoms with Crippen LogP contribution in [-0.4, -0.2) is 25.6 Å². The first-order valence-electron chi connectivity index (χ1n) is 7.38. The van der Waals surface area contributed by atoms with Gasteiger partial charge in [-0.15, -0.1) is 0 Å². The van der Waals surface area contributed by atoms with E-state index >= 15 is 0 Å². The van der Waals surface area contributed by atoms with Crippen LogP contribution in [0.3, 0.4) is 0 Å².